The largest absolute Gasteiger partial charge is 0.471 e. The van der Waals surface area contributed by atoms with Crippen LogP contribution in [0.5, 0.6) is 5.88 Å². The maximum Gasteiger partial charge on any atom is 0.319 e. The number of hydrogen-bond donors (Lipinski definition) is 3. The summed E-state index contributed by atoms with van der Waals surface area (Å²) in [5.74, 6) is -1.23. The zero-order valence-corrected chi connectivity index (χ0v) is 17.0. The molecule has 0 radical (unpaired) electrons. The number of aromatic nitrogens is 1. The Hall–Kier alpha value is -2.72. The Kier molecular flexibility index (Phi) is 6.99. The molecule has 3 rings (SSSR count). The van der Waals surface area contributed by atoms with Gasteiger partial charge in [0.25, 0.3) is 5.91 Å². The molecular weight excluding hydrogens is 397 g/mol. The molecule has 1 fully saturated rings. The fourth-order valence-electron chi connectivity index (χ4n) is 3.07. The minimum Gasteiger partial charge on any atom is -0.471 e. The lowest BCUT2D eigenvalue weighted by atomic mass is 10.1. The second kappa shape index (κ2) is 9.66. The molecule has 2 aromatic rings. The molecule has 1 aromatic carbocycles. The molecular formula is C19H24FN5O3S. The minimum absolute atomic E-state index is 0.0304. The van der Waals surface area contributed by atoms with Gasteiger partial charge < -0.3 is 20.7 Å². The molecule has 0 saturated carbocycles. The summed E-state index contributed by atoms with van der Waals surface area (Å²) >= 11 is 0.881. The molecule has 29 heavy (non-hydrogen) atoms. The van der Waals surface area contributed by atoms with Gasteiger partial charge in [-0.05, 0) is 56.0 Å². The summed E-state index contributed by atoms with van der Waals surface area (Å²) in [6, 6.07) is 4.31. The van der Waals surface area contributed by atoms with Gasteiger partial charge in [-0.3, -0.25) is 10.1 Å². The summed E-state index contributed by atoms with van der Waals surface area (Å²) in [5.41, 5.74) is 6.52. The summed E-state index contributed by atoms with van der Waals surface area (Å²) in [6.45, 7) is 5.03. The summed E-state index contributed by atoms with van der Waals surface area (Å²) in [4.78, 5) is 26.3. The number of carbonyl (C=O) groups excluding carboxylic acids is 2. The van der Waals surface area contributed by atoms with E-state index >= 15 is 0 Å². The van der Waals surface area contributed by atoms with Gasteiger partial charge in [0.05, 0.1) is 0 Å². The number of nitrogens with two attached hydrogens (primary N) is 1. The van der Waals surface area contributed by atoms with Crippen molar-refractivity contribution in [2.24, 2.45) is 5.73 Å². The molecule has 1 aliphatic heterocycles. The Labute approximate surface area is 172 Å². The Balaban J connectivity index is 1.58. The lowest BCUT2D eigenvalue weighted by molar-refractivity contribution is 0.0996. The second-order valence-corrected chi connectivity index (χ2v) is 7.64. The highest BCUT2D eigenvalue weighted by Crippen LogP contribution is 2.30. The van der Waals surface area contributed by atoms with Crippen LogP contribution in [-0.4, -0.2) is 47.4 Å². The summed E-state index contributed by atoms with van der Waals surface area (Å²) in [7, 11) is 0. The van der Waals surface area contributed by atoms with Crippen LogP contribution in [0.4, 0.5) is 14.2 Å². The molecule has 0 spiro atoms. The molecule has 0 atom stereocenters. The van der Waals surface area contributed by atoms with E-state index in [-0.39, 0.29) is 23.1 Å². The molecule has 8 nitrogen and oxygen atoms in total. The quantitative estimate of drug-likeness (QED) is 0.607. The first kappa shape index (κ1) is 21.0. The molecule has 1 aromatic heterocycles. The van der Waals surface area contributed by atoms with Gasteiger partial charge >= 0.3 is 6.03 Å². The van der Waals surface area contributed by atoms with Crippen molar-refractivity contribution in [3.05, 3.63) is 40.7 Å². The fourth-order valence-corrected chi connectivity index (χ4v) is 3.81. The maximum atomic E-state index is 14.0. The lowest BCUT2D eigenvalue weighted by Crippen LogP contribution is -2.36. The number of likely N-dealkylation sites (tertiary alicyclic amines) is 1. The zero-order valence-electron chi connectivity index (χ0n) is 16.2. The SMILES string of the molecule is Cc1ccc(COc2nsc(NC(=O)NCCN3CCCC3)c2C(N)=O)c(F)c1. The fraction of sp³-hybridized carbons (Fsp3) is 0.421. The van der Waals surface area contributed by atoms with Gasteiger partial charge in [-0.2, -0.15) is 4.37 Å². The Morgan fingerprint density at radius 1 is 1.34 bits per heavy atom. The van der Waals surface area contributed by atoms with E-state index in [1.807, 2.05) is 0 Å². The van der Waals surface area contributed by atoms with Crippen LogP contribution in [-0.2, 0) is 6.61 Å². The van der Waals surface area contributed by atoms with E-state index in [4.69, 9.17) is 10.5 Å². The van der Waals surface area contributed by atoms with Crippen LogP contribution in [0, 0.1) is 12.7 Å². The summed E-state index contributed by atoms with van der Waals surface area (Å²) in [6.07, 6.45) is 2.37. The van der Waals surface area contributed by atoms with Gasteiger partial charge in [-0.15, -0.1) is 0 Å². The van der Waals surface area contributed by atoms with Crippen LogP contribution in [0.1, 0.15) is 34.3 Å². The number of halogens is 1. The number of carbonyl (C=O) groups is 2. The minimum atomic E-state index is -0.787. The van der Waals surface area contributed by atoms with Crippen molar-refractivity contribution in [1.29, 1.82) is 0 Å². The number of nitrogens with zero attached hydrogens (tertiary/aromatic N) is 2. The number of urea groups is 1. The Morgan fingerprint density at radius 3 is 2.79 bits per heavy atom. The van der Waals surface area contributed by atoms with Gasteiger partial charge in [0.1, 0.15) is 23.0 Å². The molecule has 1 aliphatic rings. The standard InChI is InChI=1S/C19H24FN5O3S/c1-12-4-5-13(14(20)10-12)11-28-17-15(16(21)26)18(29-24-17)23-19(27)22-6-9-25-7-2-3-8-25/h4-5,10H,2-3,6-9,11H2,1H3,(H2,21,26)(H2,22,23,27). The molecule has 0 bridgehead atoms. The van der Waals surface area contributed by atoms with Gasteiger partial charge in [0.2, 0.25) is 5.88 Å². The van der Waals surface area contributed by atoms with Crippen molar-refractivity contribution in [2.75, 3.05) is 31.5 Å². The van der Waals surface area contributed by atoms with Crippen molar-refractivity contribution >= 4 is 28.5 Å². The first-order valence-corrected chi connectivity index (χ1v) is 10.2. The number of amides is 3. The van der Waals surface area contributed by atoms with E-state index in [1.165, 1.54) is 18.9 Å². The molecule has 156 valence electrons. The second-order valence-electron chi connectivity index (χ2n) is 6.87. The van der Waals surface area contributed by atoms with E-state index in [0.717, 1.165) is 36.7 Å². The van der Waals surface area contributed by atoms with Gasteiger partial charge in [0, 0.05) is 18.7 Å². The average Bonchev–Trinajstić information content (AvgIpc) is 3.31. The van der Waals surface area contributed by atoms with Gasteiger partial charge in [-0.25, -0.2) is 9.18 Å². The summed E-state index contributed by atoms with van der Waals surface area (Å²) < 4.78 is 23.5. The van der Waals surface area contributed by atoms with Crippen molar-refractivity contribution in [3.63, 3.8) is 0 Å². The molecule has 3 amide bonds. The zero-order chi connectivity index (χ0) is 20.8. The number of rotatable bonds is 8. The number of nitrogens with one attached hydrogen (secondary N) is 2. The Bertz CT molecular complexity index is 883. The number of anilines is 1. The van der Waals surface area contributed by atoms with Gasteiger partial charge in [0.15, 0.2) is 0 Å². The van der Waals surface area contributed by atoms with Crippen LogP contribution >= 0.6 is 11.5 Å². The van der Waals surface area contributed by atoms with E-state index in [9.17, 15) is 14.0 Å². The first-order valence-electron chi connectivity index (χ1n) is 9.38. The monoisotopic (exact) mass is 421 g/mol. The average molecular weight is 421 g/mol. The topological polar surface area (TPSA) is 110 Å². The van der Waals surface area contributed by atoms with Crippen molar-refractivity contribution in [2.45, 2.75) is 26.4 Å². The van der Waals surface area contributed by atoms with E-state index in [2.05, 4.69) is 19.9 Å². The third-order valence-electron chi connectivity index (χ3n) is 4.62. The summed E-state index contributed by atoms with van der Waals surface area (Å²) in [5, 5.41) is 5.53. The molecule has 2 heterocycles. The number of benzene rings is 1. The number of hydrogen-bond acceptors (Lipinski definition) is 6. The van der Waals surface area contributed by atoms with E-state index < -0.39 is 17.8 Å². The van der Waals surface area contributed by atoms with Crippen LogP contribution in [0.15, 0.2) is 18.2 Å². The smallest absolute Gasteiger partial charge is 0.319 e. The van der Waals surface area contributed by atoms with Gasteiger partial charge in [-0.1, -0.05) is 12.1 Å². The first-order chi connectivity index (χ1) is 13.9. The van der Waals surface area contributed by atoms with Crippen molar-refractivity contribution in [3.8, 4) is 5.88 Å². The van der Waals surface area contributed by atoms with E-state index in [0.29, 0.717) is 12.1 Å². The highest BCUT2D eigenvalue weighted by molar-refractivity contribution is 7.11. The number of primary amides is 1. The number of aryl methyl sites for hydroxylation is 1. The molecule has 1 saturated heterocycles. The normalized spacial score (nSPS) is 14.0. The predicted octanol–water partition coefficient (Wildman–Crippen LogP) is 2.49. The highest BCUT2D eigenvalue weighted by atomic mass is 32.1. The van der Waals surface area contributed by atoms with Crippen LogP contribution < -0.4 is 21.1 Å². The molecule has 4 N–H and O–H groups in total. The predicted molar refractivity (Wildman–Crippen MR) is 109 cm³/mol. The Morgan fingerprint density at radius 2 is 2.10 bits per heavy atom. The highest BCUT2D eigenvalue weighted by Gasteiger charge is 2.22. The third-order valence-corrected chi connectivity index (χ3v) is 5.37. The molecule has 0 unspecified atom stereocenters. The molecule has 10 heteroatoms. The van der Waals surface area contributed by atoms with Crippen molar-refractivity contribution in [1.82, 2.24) is 14.6 Å². The van der Waals surface area contributed by atoms with Crippen LogP contribution in [0.2, 0.25) is 0 Å². The lowest BCUT2D eigenvalue weighted by Gasteiger charge is -2.14. The molecule has 0 aliphatic carbocycles. The number of ether oxygens (including phenoxy) is 1. The van der Waals surface area contributed by atoms with E-state index in [1.54, 1.807) is 19.1 Å². The van der Waals surface area contributed by atoms with Crippen LogP contribution in [0.3, 0.4) is 0 Å². The van der Waals surface area contributed by atoms with Crippen LogP contribution in [0.25, 0.3) is 0 Å². The van der Waals surface area contributed by atoms with Crippen molar-refractivity contribution < 1.29 is 18.7 Å². The third kappa shape index (κ3) is 5.64. The maximum absolute atomic E-state index is 14.0.